The molecule has 1 aliphatic heterocycles. The highest BCUT2D eigenvalue weighted by Crippen LogP contribution is 2.34. The summed E-state index contributed by atoms with van der Waals surface area (Å²) in [6, 6.07) is 11.3. The highest BCUT2D eigenvalue weighted by atomic mass is 35.5. The molecule has 1 aliphatic rings. The monoisotopic (exact) mass is 442 g/mol. The van der Waals surface area contributed by atoms with Crippen molar-refractivity contribution in [1.82, 2.24) is 10.3 Å². The molecule has 9 heteroatoms. The average Bonchev–Trinajstić information content (AvgIpc) is 3.41. The van der Waals surface area contributed by atoms with Gasteiger partial charge in [0, 0.05) is 22.9 Å². The highest BCUT2D eigenvalue weighted by Gasteiger charge is 2.28. The van der Waals surface area contributed by atoms with E-state index in [2.05, 4.69) is 10.3 Å². The van der Waals surface area contributed by atoms with Crippen LogP contribution < -0.4 is 14.8 Å². The minimum Gasteiger partial charge on any atom is -0.467 e. The number of para-hydroxylation sites is 1. The molecule has 31 heavy (non-hydrogen) atoms. The van der Waals surface area contributed by atoms with Crippen LogP contribution in [0.15, 0.2) is 42.5 Å². The number of fused-ring (bicyclic) bond motifs is 2. The van der Waals surface area contributed by atoms with E-state index < -0.39 is 17.9 Å². The Labute approximate surface area is 182 Å². The minimum absolute atomic E-state index is 0.0466. The number of methoxy groups -OCH3 is 1. The Morgan fingerprint density at radius 1 is 1.16 bits per heavy atom. The van der Waals surface area contributed by atoms with Gasteiger partial charge in [0.1, 0.15) is 11.9 Å². The number of rotatable bonds is 7. The van der Waals surface area contributed by atoms with Gasteiger partial charge in [-0.05, 0) is 29.8 Å². The fraction of sp³-hybridized carbons (Fsp3) is 0.227. The summed E-state index contributed by atoms with van der Waals surface area (Å²) >= 11 is 5.58. The number of ether oxygens (including phenoxy) is 3. The predicted octanol–water partition coefficient (Wildman–Crippen LogP) is 2.57. The summed E-state index contributed by atoms with van der Waals surface area (Å²) < 4.78 is 15.5. The molecule has 2 aromatic carbocycles. The summed E-state index contributed by atoms with van der Waals surface area (Å²) in [4.78, 5) is 40.7. The van der Waals surface area contributed by atoms with Gasteiger partial charge in [0.15, 0.2) is 11.5 Å². The number of esters is 1. The molecule has 0 aliphatic carbocycles. The van der Waals surface area contributed by atoms with Crippen molar-refractivity contribution in [2.75, 3.05) is 19.8 Å². The van der Waals surface area contributed by atoms with Crippen LogP contribution in [0.25, 0.3) is 10.9 Å². The number of hydrogen-bond donors (Lipinski definition) is 2. The van der Waals surface area contributed by atoms with Gasteiger partial charge in [-0.25, -0.2) is 4.79 Å². The van der Waals surface area contributed by atoms with E-state index in [-0.39, 0.29) is 24.9 Å². The summed E-state index contributed by atoms with van der Waals surface area (Å²) in [5.41, 5.74) is 2.03. The molecule has 1 atom stereocenters. The molecule has 1 aromatic heterocycles. The number of aromatic nitrogens is 1. The second-order valence-electron chi connectivity index (χ2n) is 6.90. The molecule has 0 saturated heterocycles. The van der Waals surface area contributed by atoms with Gasteiger partial charge in [-0.1, -0.05) is 18.2 Å². The number of carbonyl (C=O) groups is 3. The van der Waals surface area contributed by atoms with E-state index in [0.29, 0.717) is 28.3 Å². The number of ketones is 1. The van der Waals surface area contributed by atoms with Gasteiger partial charge < -0.3 is 24.5 Å². The average molecular weight is 443 g/mol. The van der Waals surface area contributed by atoms with Crippen molar-refractivity contribution in [3.05, 3.63) is 59.3 Å². The van der Waals surface area contributed by atoms with E-state index in [0.717, 1.165) is 10.9 Å². The molecule has 2 heterocycles. The number of benzene rings is 2. The zero-order chi connectivity index (χ0) is 22.0. The van der Waals surface area contributed by atoms with Gasteiger partial charge in [0.25, 0.3) is 0 Å². The molecule has 0 unspecified atom stereocenters. The van der Waals surface area contributed by atoms with E-state index in [4.69, 9.17) is 25.8 Å². The SMILES string of the molecule is COC(=O)[C@@H](Cc1c(C(=O)c2ccc3c(c2)OCO3)[nH]c2ccccc12)NC(=O)CCl. The van der Waals surface area contributed by atoms with Crippen LogP contribution in [-0.4, -0.2) is 48.5 Å². The quantitative estimate of drug-likeness (QED) is 0.331. The van der Waals surface area contributed by atoms with Gasteiger partial charge >= 0.3 is 5.97 Å². The van der Waals surface area contributed by atoms with E-state index in [9.17, 15) is 14.4 Å². The predicted molar refractivity (Wildman–Crippen MR) is 113 cm³/mol. The third-order valence-corrected chi connectivity index (χ3v) is 5.27. The Morgan fingerprint density at radius 2 is 1.94 bits per heavy atom. The topological polar surface area (TPSA) is 107 Å². The second kappa shape index (κ2) is 8.69. The van der Waals surface area contributed by atoms with Crippen LogP contribution in [-0.2, 0) is 20.7 Å². The van der Waals surface area contributed by atoms with Crippen LogP contribution in [0.4, 0.5) is 0 Å². The van der Waals surface area contributed by atoms with Gasteiger partial charge in [-0.2, -0.15) is 0 Å². The smallest absolute Gasteiger partial charge is 0.328 e. The lowest BCUT2D eigenvalue weighted by molar-refractivity contribution is -0.144. The van der Waals surface area contributed by atoms with Gasteiger partial charge in [0.05, 0.1) is 12.8 Å². The molecule has 0 bridgehead atoms. The Morgan fingerprint density at radius 3 is 2.71 bits per heavy atom. The Hall–Kier alpha value is -3.52. The molecule has 1 amide bonds. The number of hydrogen-bond acceptors (Lipinski definition) is 6. The molecule has 0 spiro atoms. The van der Waals surface area contributed by atoms with Crippen molar-refractivity contribution in [1.29, 1.82) is 0 Å². The molecule has 0 radical (unpaired) electrons. The van der Waals surface area contributed by atoms with Crippen molar-refractivity contribution in [3.63, 3.8) is 0 Å². The maximum atomic E-state index is 13.4. The van der Waals surface area contributed by atoms with Crippen molar-refractivity contribution in [2.24, 2.45) is 0 Å². The molecule has 3 aromatic rings. The first kappa shape index (κ1) is 20.7. The van der Waals surface area contributed by atoms with Gasteiger partial charge in [-0.3, -0.25) is 9.59 Å². The van der Waals surface area contributed by atoms with E-state index in [1.54, 1.807) is 18.2 Å². The fourth-order valence-electron chi connectivity index (χ4n) is 3.56. The third-order valence-electron chi connectivity index (χ3n) is 5.03. The van der Waals surface area contributed by atoms with Gasteiger partial charge in [-0.15, -0.1) is 11.6 Å². The Balaban J connectivity index is 1.75. The maximum absolute atomic E-state index is 13.4. The van der Waals surface area contributed by atoms with Crippen LogP contribution in [0.1, 0.15) is 21.6 Å². The molecule has 2 N–H and O–H groups in total. The number of alkyl halides is 1. The van der Waals surface area contributed by atoms with Gasteiger partial charge in [0.2, 0.25) is 18.5 Å². The molecule has 0 saturated carbocycles. The van der Waals surface area contributed by atoms with Crippen molar-refractivity contribution in [2.45, 2.75) is 12.5 Å². The summed E-state index contributed by atoms with van der Waals surface area (Å²) in [5.74, 6) is -0.666. The summed E-state index contributed by atoms with van der Waals surface area (Å²) in [5, 5.41) is 3.32. The largest absolute Gasteiger partial charge is 0.467 e. The van der Waals surface area contributed by atoms with Crippen LogP contribution >= 0.6 is 11.6 Å². The highest BCUT2D eigenvalue weighted by molar-refractivity contribution is 6.27. The number of aromatic amines is 1. The Kier molecular flexibility index (Phi) is 5.81. The summed E-state index contributed by atoms with van der Waals surface area (Å²) in [6.45, 7) is 0.103. The van der Waals surface area contributed by atoms with E-state index >= 15 is 0 Å². The maximum Gasteiger partial charge on any atom is 0.328 e. The Bertz CT molecular complexity index is 1170. The fourth-order valence-corrected chi connectivity index (χ4v) is 3.64. The normalized spacial score (nSPS) is 13.1. The lowest BCUT2D eigenvalue weighted by atomic mass is 9.97. The molecule has 160 valence electrons. The lowest BCUT2D eigenvalue weighted by Crippen LogP contribution is -2.43. The number of amides is 1. The van der Waals surface area contributed by atoms with Crippen LogP contribution in [0.3, 0.4) is 0 Å². The molecule has 8 nitrogen and oxygen atoms in total. The first-order valence-corrected chi connectivity index (χ1v) is 10.0. The van der Waals surface area contributed by atoms with Crippen LogP contribution in [0.5, 0.6) is 11.5 Å². The summed E-state index contributed by atoms with van der Waals surface area (Å²) in [7, 11) is 1.23. The number of halogens is 1. The molecular formula is C22H19ClN2O6. The van der Waals surface area contributed by atoms with E-state index in [1.807, 2.05) is 24.3 Å². The van der Waals surface area contributed by atoms with Crippen molar-refractivity contribution < 1.29 is 28.6 Å². The molecular weight excluding hydrogens is 424 g/mol. The van der Waals surface area contributed by atoms with Crippen molar-refractivity contribution >= 4 is 40.2 Å². The zero-order valence-corrected chi connectivity index (χ0v) is 17.3. The van der Waals surface area contributed by atoms with Crippen LogP contribution in [0, 0.1) is 0 Å². The number of carbonyl (C=O) groups excluding carboxylic acids is 3. The summed E-state index contributed by atoms with van der Waals surface area (Å²) in [6.07, 6.45) is 0.0466. The van der Waals surface area contributed by atoms with Crippen LogP contribution in [0.2, 0.25) is 0 Å². The van der Waals surface area contributed by atoms with E-state index in [1.165, 1.54) is 7.11 Å². The second-order valence-corrected chi connectivity index (χ2v) is 7.17. The molecule has 4 rings (SSSR count). The first-order valence-electron chi connectivity index (χ1n) is 9.49. The van der Waals surface area contributed by atoms with Crippen molar-refractivity contribution in [3.8, 4) is 11.5 Å². The standard InChI is InChI=1S/C22H19ClN2O6/c1-29-22(28)16(24-19(26)10-23)9-14-13-4-2-3-5-15(13)25-20(14)21(27)12-6-7-17-18(8-12)31-11-30-17/h2-8,16,25H,9-11H2,1H3,(H,24,26)/t16-/m1/s1. The third kappa shape index (κ3) is 4.06. The first-order chi connectivity index (χ1) is 15.0. The minimum atomic E-state index is -1.00. The number of H-pyrrole nitrogens is 1. The molecule has 0 fully saturated rings. The number of nitrogens with one attached hydrogen (secondary N) is 2. The lowest BCUT2D eigenvalue weighted by Gasteiger charge is -2.16. The zero-order valence-electron chi connectivity index (χ0n) is 16.6.